The van der Waals surface area contributed by atoms with Crippen LogP contribution in [0.2, 0.25) is 0 Å². The Morgan fingerprint density at radius 1 is 1.58 bits per heavy atom. The summed E-state index contributed by atoms with van der Waals surface area (Å²) in [6.07, 6.45) is 6.18. The summed E-state index contributed by atoms with van der Waals surface area (Å²) < 4.78 is 5.10. The molecule has 1 atom stereocenters. The standard InChI is InChI=1S/C10H18O2/c1-4-6-8-9(3)12-10(11)7-5-2/h4,6,9H,5,7-8H2,1-3H3. The second-order valence-electron chi connectivity index (χ2n) is 2.86. The molecule has 0 amide bonds. The van der Waals surface area contributed by atoms with Crippen LogP contribution >= 0.6 is 0 Å². The predicted molar refractivity (Wildman–Crippen MR) is 49.9 cm³/mol. The molecule has 0 aromatic rings. The lowest BCUT2D eigenvalue weighted by molar-refractivity contribution is -0.148. The third-order valence-electron chi connectivity index (χ3n) is 1.49. The Morgan fingerprint density at radius 2 is 2.25 bits per heavy atom. The van der Waals surface area contributed by atoms with Crippen molar-refractivity contribution in [3.05, 3.63) is 12.2 Å². The van der Waals surface area contributed by atoms with Crippen molar-refractivity contribution in [2.24, 2.45) is 0 Å². The summed E-state index contributed by atoms with van der Waals surface area (Å²) in [7, 11) is 0. The van der Waals surface area contributed by atoms with Crippen LogP contribution in [0, 0.1) is 0 Å². The van der Waals surface area contributed by atoms with Crippen molar-refractivity contribution in [1.82, 2.24) is 0 Å². The van der Waals surface area contributed by atoms with E-state index in [0.717, 1.165) is 12.8 Å². The van der Waals surface area contributed by atoms with Gasteiger partial charge in [-0.25, -0.2) is 0 Å². The molecule has 0 saturated carbocycles. The molecule has 70 valence electrons. The number of esters is 1. The monoisotopic (exact) mass is 170 g/mol. The van der Waals surface area contributed by atoms with E-state index in [4.69, 9.17) is 4.74 Å². The molecule has 0 heterocycles. The molecular weight excluding hydrogens is 152 g/mol. The Bertz CT molecular complexity index is 150. The van der Waals surface area contributed by atoms with Crippen LogP contribution in [0.5, 0.6) is 0 Å². The third-order valence-corrected chi connectivity index (χ3v) is 1.49. The highest BCUT2D eigenvalue weighted by molar-refractivity contribution is 5.69. The first-order chi connectivity index (χ1) is 5.70. The van der Waals surface area contributed by atoms with Gasteiger partial charge in [0.15, 0.2) is 0 Å². The van der Waals surface area contributed by atoms with Gasteiger partial charge in [-0.2, -0.15) is 0 Å². The first-order valence-electron chi connectivity index (χ1n) is 4.51. The van der Waals surface area contributed by atoms with Crippen molar-refractivity contribution in [2.45, 2.75) is 46.1 Å². The second kappa shape index (κ2) is 6.89. The van der Waals surface area contributed by atoms with Gasteiger partial charge in [0, 0.05) is 12.8 Å². The molecule has 0 rings (SSSR count). The van der Waals surface area contributed by atoms with Gasteiger partial charge in [-0.1, -0.05) is 19.1 Å². The van der Waals surface area contributed by atoms with Gasteiger partial charge in [0.1, 0.15) is 6.10 Å². The van der Waals surface area contributed by atoms with E-state index < -0.39 is 0 Å². The summed E-state index contributed by atoms with van der Waals surface area (Å²) in [5.41, 5.74) is 0. The summed E-state index contributed by atoms with van der Waals surface area (Å²) in [6.45, 7) is 5.84. The first-order valence-corrected chi connectivity index (χ1v) is 4.51. The van der Waals surface area contributed by atoms with E-state index in [0.29, 0.717) is 6.42 Å². The zero-order valence-electron chi connectivity index (χ0n) is 8.17. The summed E-state index contributed by atoms with van der Waals surface area (Å²) in [6, 6.07) is 0. The van der Waals surface area contributed by atoms with Gasteiger partial charge in [0.05, 0.1) is 0 Å². The Balaban J connectivity index is 3.53. The largest absolute Gasteiger partial charge is 0.462 e. The molecule has 0 aliphatic heterocycles. The molecule has 2 nitrogen and oxygen atoms in total. The molecule has 2 heteroatoms. The first kappa shape index (κ1) is 11.2. The molecule has 1 unspecified atom stereocenters. The number of hydrogen-bond acceptors (Lipinski definition) is 2. The van der Waals surface area contributed by atoms with Gasteiger partial charge >= 0.3 is 5.97 Å². The zero-order valence-corrected chi connectivity index (χ0v) is 8.17. The van der Waals surface area contributed by atoms with E-state index in [-0.39, 0.29) is 12.1 Å². The van der Waals surface area contributed by atoms with Gasteiger partial charge in [-0.05, 0) is 20.3 Å². The summed E-state index contributed by atoms with van der Waals surface area (Å²) in [5.74, 6) is -0.0884. The normalized spacial score (nSPS) is 13.2. The minimum Gasteiger partial charge on any atom is -0.462 e. The molecular formula is C10H18O2. The quantitative estimate of drug-likeness (QED) is 0.468. The van der Waals surface area contributed by atoms with Crippen LogP contribution in [0.1, 0.15) is 40.0 Å². The predicted octanol–water partition coefficient (Wildman–Crippen LogP) is 2.68. The molecule has 0 radical (unpaired) electrons. The highest BCUT2D eigenvalue weighted by Crippen LogP contribution is 2.01. The Labute approximate surface area is 74.6 Å². The second-order valence-corrected chi connectivity index (χ2v) is 2.86. The maximum Gasteiger partial charge on any atom is 0.306 e. The zero-order chi connectivity index (χ0) is 9.40. The maximum atomic E-state index is 11.0. The minimum atomic E-state index is -0.0884. The number of hydrogen-bond donors (Lipinski definition) is 0. The molecule has 0 aliphatic carbocycles. The number of carbonyl (C=O) groups is 1. The van der Waals surface area contributed by atoms with E-state index >= 15 is 0 Å². The highest BCUT2D eigenvalue weighted by atomic mass is 16.5. The van der Waals surface area contributed by atoms with Gasteiger partial charge in [-0.3, -0.25) is 4.79 Å². The molecule has 0 fully saturated rings. The lowest BCUT2D eigenvalue weighted by atomic mass is 10.2. The number of carbonyl (C=O) groups excluding carboxylic acids is 1. The molecule has 0 aliphatic rings. The van der Waals surface area contributed by atoms with E-state index in [2.05, 4.69) is 0 Å². The minimum absolute atomic E-state index is 0.0141. The van der Waals surface area contributed by atoms with E-state index in [9.17, 15) is 4.79 Å². The van der Waals surface area contributed by atoms with Crippen LogP contribution in [0.25, 0.3) is 0 Å². The molecule has 0 aromatic heterocycles. The fourth-order valence-corrected chi connectivity index (χ4v) is 0.863. The lowest BCUT2D eigenvalue weighted by Gasteiger charge is -2.10. The molecule has 0 N–H and O–H groups in total. The van der Waals surface area contributed by atoms with Crippen molar-refractivity contribution in [1.29, 1.82) is 0 Å². The summed E-state index contributed by atoms with van der Waals surface area (Å²) in [4.78, 5) is 11.0. The number of allylic oxidation sites excluding steroid dienone is 1. The number of ether oxygens (including phenoxy) is 1. The van der Waals surface area contributed by atoms with Gasteiger partial charge < -0.3 is 4.74 Å². The average molecular weight is 170 g/mol. The Morgan fingerprint density at radius 3 is 2.75 bits per heavy atom. The summed E-state index contributed by atoms with van der Waals surface area (Å²) >= 11 is 0. The van der Waals surface area contributed by atoms with Crippen LogP contribution in [0.3, 0.4) is 0 Å². The van der Waals surface area contributed by atoms with Crippen LogP contribution in [-0.4, -0.2) is 12.1 Å². The lowest BCUT2D eigenvalue weighted by Crippen LogP contribution is -2.13. The molecule has 0 aromatic carbocycles. The van der Waals surface area contributed by atoms with E-state index in [1.165, 1.54) is 0 Å². The smallest absolute Gasteiger partial charge is 0.306 e. The van der Waals surface area contributed by atoms with Crippen LogP contribution < -0.4 is 0 Å². The Kier molecular flexibility index (Phi) is 6.44. The van der Waals surface area contributed by atoms with Crippen molar-refractivity contribution in [3.8, 4) is 0 Å². The van der Waals surface area contributed by atoms with Gasteiger partial charge in [-0.15, -0.1) is 0 Å². The fourth-order valence-electron chi connectivity index (χ4n) is 0.863. The van der Waals surface area contributed by atoms with Crippen LogP contribution in [-0.2, 0) is 9.53 Å². The average Bonchev–Trinajstić information content (AvgIpc) is 2.01. The maximum absolute atomic E-state index is 11.0. The summed E-state index contributed by atoms with van der Waals surface area (Å²) in [5, 5.41) is 0. The van der Waals surface area contributed by atoms with Crippen molar-refractivity contribution in [2.75, 3.05) is 0 Å². The molecule has 12 heavy (non-hydrogen) atoms. The SMILES string of the molecule is CC=CCC(C)OC(=O)CCC. The Hall–Kier alpha value is -0.790. The van der Waals surface area contributed by atoms with E-state index in [1.807, 2.05) is 32.9 Å². The van der Waals surface area contributed by atoms with Crippen molar-refractivity contribution >= 4 is 5.97 Å². The van der Waals surface area contributed by atoms with Crippen LogP contribution in [0.15, 0.2) is 12.2 Å². The van der Waals surface area contributed by atoms with Gasteiger partial charge in [0.2, 0.25) is 0 Å². The topological polar surface area (TPSA) is 26.3 Å². The number of rotatable bonds is 5. The fraction of sp³-hybridized carbons (Fsp3) is 0.700. The third kappa shape index (κ3) is 5.96. The van der Waals surface area contributed by atoms with Gasteiger partial charge in [0.25, 0.3) is 0 Å². The molecule has 0 saturated heterocycles. The highest BCUT2D eigenvalue weighted by Gasteiger charge is 2.05. The van der Waals surface area contributed by atoms with Crippen LogP contribution in [0.4, 0.5) is 0 Å². The van der Waals surface area contributed by atoms with Crippen molar-refractivity contribution in [3.63, 3.8) is 0 Å². The molecule has 0 bridgehead atoms. The molecule has 0 spiro atoms. The van der Waals surface area contributed by atoms with E-state index in [1.54, 1.807) is 0 Å². The van der Waals surface area contributed by atoms with Crippen molar-refractivity contribution < 1.29 is 9.53 Å².